The zero-order valence-corrected chi connectivity index (χ0v) is 23.2. The van der Waals surface area contributed by atoms with Gasteiger partial charge in [-0.25, -0.2) is 4.79 Å². The number of aliphatic hydroxyl groups is 2. The fourth-order valence-corrected chi connectivity index (χ4v) is 4.93. The van der Waals surface area contributed by atoms with Gasteiger partial charge in [0.15, 0.2) is 0 Å². The van der Waals surface area contributed by atoms with Gasteiger partial charge in [-0.3, -0.25) is 24.1 Å². The van der Waals surface area contributed by atoms with Gasteiger partial charge in [0.05, 0.1) is 28.7 Å². The van der Waals surface area contributed by atoms with Gasteiger partial charge in [-0.2, -0.15) is 4.90 Å². The number of likely N-dealkylation sites (tertiary alicyclic amines) is 1. The number of fused-ring (bicyclic) bond motifs is 1. The molecule has 0 bridgehead atoms. The summed E-state index contributed by atoms with van der Waals surface area (Å²) < 4.78 is 16.5. The van der Waals surface area contributed by atoms with Gasteiger partial charge in [0.1, 0.15) is 24.0 Å². The summed E-state index contributed by atoms with van der Waals surface area (Å²) in [5.74, 6) is -2.95. The van der Waals surface area contributed by atoms with Gasteiger partial charge in [-0.05, 0) is 71.9 Å². The summed E-state index contributed by atoms with van der Waals surface area (Å²) in [4.78, 5) is 67.6. The molecule has 1 aliphatic carbocycles. The van der Waals surface area contributed by atoms with Crippen LogP contribution in [0.15, 0.2) is 18.2 Å². The Labute approximate surface area is 232 Å². The third-order valence-electron chi connectivity index (χ3n) is 7.32. The van der Waals surface area contributed by atoms with E-state index >= 15 is 0 Å². The van der Waals surface area contributed by atoms with E-state index < -0.39 is 52.4 Å². The van der Waals surface area contributed by atoms with E-state index in [0.717, 1.165) is 4.90 Å². The summed E-state index contributed by atoms with van der Waals surface area (Å²) in [6.07, 6.45) is 0.223. The molecule has 2 heterocycles. The molecule has 1 saturated carbocycles. The number of rotatable bonds is 10. The molecule has 4 rings (SSSR count). The highest BCUT2D eigenvalue weighted by atomic mass is 16.6. The largest absolute Gasteiger partial charge is 0.490 e. The van der Waals surface area contributed by atoms with Gasteiger partial charge < -0.3 is 24.4 Å². The smallest absolute Gasteiger partial charge is 0.424 e. The molecule has 0 radical (unpaired) electrons. The number of piperidine rings is 1. The third-order valence-corrected chi connectivity index (χ3v) is 7.32. The number of aliphatic hydroxyl groups excluding tert-OH is 1. The Morgan fingerprint density at radius 2 is 1.73 bits per heavy atom. The molecular weight excluding hydrogens is 524 g/mol. The first kappa shape index (κ1) is 29.6. The highest BCUT2D eigenvalue weighted by Gasteiger charge is 2.63. The van der Waals surface area contributed by atoms with Crippen LogP contribution in [0, 0.1) is 5.41 Å². The minimum Gasteiger partial charge on any atom is -0.490 e. The Bertz CT molecular complexity index is 1210. The number of ether oxygens (including phenoxy) is 3. The highest BCUT2D eigenvalue weighted by Crippen LogP contribution is 2.54. The number of amides is 5. The molecule has 3 aliphatic rings. The molecule has 12 nitrogen and oxygen atoms in total. The van der Waals surface area contributed by atoms with Crippen molar-refractivity contribution in [3.05, 3.63) is 29.3 Å². The second kappa shape index (κ2) is 10.9. The molecule has 1 spiro atoms. The van der Waals surface area contributed by atoms with E-state index in [4.69, 9.17) is 19.3 Å². The molecule has 12 heteroatoms. The van der Waals surface area contributed by atoms with Gasteiger partial charge in [-0.15, -0.1) is 0 Å². The first-order chi connectivity index (χ1) is 18.7. The molecule has 2 unspecified atom stereocenters. The topological polar surface area (TPSA) is 160 Å². The van der Waals surface area contributed by atoms with Crippen LogP contribution in [-0.2, 0) is 19.1 Å². The van der Waals surface area contributed by atoms with E-state index in [2.05, 4.69) is 0 Å². The Kier molecular flexibility index (Phi) is 8.08. The van der Waals surface area contributed by atoms with Crippen LogP contribution in [0.25, 0.3) is 0 Å². The van der Waals surface area contributed by atoms with Crippen LogP contribution in [0.4, 0.5) is 4.79 Å². The summed E-state index contributed by atoms with van der Waals surface area (Å²) in [5.41, 5.74) is -2.96. The zero-order valence-electron chi connectivity index (χ0n) is 23.2. The number of carbonyl (C=O) groups excluding carboxylic acids is 5. The van der Waals surface area contributed by atoms with Crippen LogP contribution in [0.3, 0.4) is 0 Å². The number of imide groups is 4. The lowest BCUT2D eigenvalue weighted by Crippen LogP contribution is -2.61. The third kappa shape index (κ3) is 5.89. The molecule has 40 heavy (non-hydrogen) atoms. The minimum absolute atomic E-state index is 0.00301. The van der Waals surface area contributed by atoms with Crippen molar-refractivity contribution in [3.8, 4) is 5.75 Å². The molecule has 2 atom stereocenters. The molecule has 2 fully saturated rings. The van der Waals surface area contributed by atoms with Crippen LogP contribution in [0.1, 0.15) is 80.5 Å². The maximum Gasteiger partial charge on any atom is 0.424 e. The highest BCUT2D eigenvalue weighted by molar-refractivity contribution is 6.25. The fourth-order valence-electron chi connectivity index (χ4n) is 4.93. The van der Waals surface area contributed by atoms with Gasteiger partial charge in [-0.1, -0.05) is 6.07 Å². The Morgan fingerprint density at radius 1 is 1.02 bits per heavy atom. The predicted octanol–water partition coefficient (Wildman–Crippen LogP) is 2.04. The average molecular weight is 561 g/mol. The van der Waals surface area contributed by atoms with E-state index in [0.29, 0.717) is 24.2 Å². The van der Waals surface area contributed by atoms with Crippen molar-refractivity contribution in [1.29, 1.82) is 0 Å². The fraction of sp³-hybridized carbons (Fsp3) is 0.607. The van der Waals surface area contributed by atoms with Crippen molar-refractivity contribution in [2.45, 2.75) is 77.0 Å². The quantitative estimate of drug-likeness (QED) is 0.320. The molecular formula is C28H36N2O10. The van der Waals surface area contributed by atoms with Crippen molar-refractivity contribution in [3.63, 3.8) is 0 Å². The molecule has 1 aromatic rings. The number of hydrogen-bond donors (Lipinski definition) is 2. The molecule has 1 saturated heterocycles. The van der Waals surface area contributed by atoms with Crippen LogP contribution in [-0.4, -0.2) is 93.4 Å². The summed E-state index contributed by atoms with van der Waals surface area (Å²) in [6.45, 7) is 6.70. The van der Waals surface area contributed by atoms with Gasteiger partial charge in [0.2, 0.25) is 5.91 Å². The maximum atomic E-state index is 13.6. The van der Waals surface area contributed by atoms with E-state index in [-0.39, 0.29) is 56.1 Å². The van der Waals surface area contributed by atoms with Crippen LogP contribution < -0.4 is 4.74 Å². The zero-order chi connectivity index (χ0) is 29.5. The van der Waals surface area contributed by atoms with E-state index in [9.17, 15) is 29.1 Å². The molecule has 2 N–H and O–H groups in total. The minimum atomic E-state index is -1.34. The van der Waals surface area contributed by atoms with Crippen LogP contribution in [0.5, 0.6) is 5.75 Å². The van der Waals surface area contributed by atoms with Crippen molar-refractivity contribution in [1.82, 2.24) is 9.80 Å². The molecule has 0 aromatic heterocycles. The van der Waals surface area contributed by atoms with E-state index in [1.54, 1.807) is 33.8 Å². The van der Waals surface area contributed by atoms with Crippen molar-refractivity contribution in [2.75, 3.05) is 26.4 Å². The Balaban J connectivity index is 1.47. The molecule has 1 aromatic carbocycles. The van der Waals surface area contributed by atoms with Gasteiger partial charge in [0, 0.05) is 13.2 Å². The number of hydrogen-bond acceptors (Lipinski definition) is 10. The monoisotopic (exact) mass is 560 g/mol. The predicted molar refractivity (Wildman–Crippen MR) is 138 cm³/mol. The summed E-state index contributed by atoms with van der Waals surface area (Å²) in [5, 5.41) is 19.1. The molecule has 218 valence electrons. The summed E-state index contributed by atoms with van der Waals surface area (Å²) in [6, 6.07) is 3.19. The van der Waals surface area contributed by atoms with Crippen molar-refractivity contribution >= 4 is 29.7 Å². The normalized spacial score (nSPS) is 21.5. The average Bonchev–Trinajstić information content (AvgIpc) is 3.58. The van der Waals surface area contributed by atoms with E-state index in [1.165, 1.54) is 12.1 Å². The standard InChI is InChI=1S/C28H36N2O10/c1-26(2,3)40-25(36)30-22(33)18(16-28(8-9-28)24(30)35)29-21(32)17-6-5-7-19(20(17)23(29)34)39-15-14-38-13-11-27(4,37)10-12-31/h5-7,18,31,37H,8-16H2,1-4H3. The van der Waals surface area contributed by atoms with Gasteiger partial charge >= 0.3 is 6.09 Å². The van der Waals surface area contributed by atoms with Gasteiger partial charge in [0.25, 0.3) is 17.7 Å². The van der Waals surface area contributed by atoms with Crippen LogP contribution >= 0.6 is 0 Å². The number of nitrogens with zero attached hydrogens (tertiary/aromatic N) is 2. The second-order valence-corrected chi connectivity index (χ2v) is 11.8. The maximum absolute atomic E-state index is 13.6. The van der Waals surface area contributed by atoms with Crippen LogP contribution in [0.2, 0.25) is 0 Å². The first-order valence-electron chi connectivity index (χ1n) is 13.4. The van der Waals surface area contributed by atoms with Crippen molar-refractivity contribution in [2.24, 2.45) is 5.41 Å². The lowest BCUT2D eigenvalue weighted by molar-refractivity contribution is -0.155. The lowest BCUT2D eigenvalue weighted by Gasteiger charge is -2.38. The second-order valence-electron chi connectivity index (χ2n) is 11.8. The first-order valence-corrected chi connectivity index (χ1v) is 13.4. The Morgan fingerprint density at radius 3 is 2.35 bits per heavy atom. The molecule has 5 amide bonds. The number of benzene rings is 1. The summed E-state index contributed by atoms with van der Waals surface area (Å²) in [7, 11) is 0. The number of carbonyl (C=O) groups is 5. The lowest BCUT2D eigenvalue weighted by atomic mass is 9.89. The SMILES string of the molecule is CC(O)(CCO)CCOCCOc1cccc2c1C(=O)N(C1CC3(CC3)C(=O)N(C(=O)OC(C)(C)C)C1=O)C2=O. The Hall–Kier alpha value is -3.35. The van der Waals surface area contributed by atoms with E-state index in [1.807, 2.05) is 0 Å². The summed E-state index contributed by atoms with van der Waals surface area (Å²) >= 11 is 0. The molecule has 2 aliphatic heterocycles. The van der Waals surface area contributed by atoms with Crippen molar-refractivity contribution < 1.29 is 48.4 Å².